The normalized spacial score (nSPS) is 18.9. The number of rotatable bonds is 4. The molecule has 0 aromatic carbocycles. The number of H-pyrrole nitrogens is 1. The van der Waals surface area contributed by atoms with Crippen LogP contribution in [0, 0.1) is 0 Å². The summed E-state index contributed by atoms with van der Waals surface area (Å²) in [5, 5.41) is 17.8. The second kappa shape index (κ2) is 5.48. The highest BCUT2D eigenvalue weighted by atomic mass is 16.4. The molecular formula is C10H15N5O3. The van der Waals surface area contributed by atoms with Crippen molar-refractivity contribution in [1.82, 2.24) is 25.4 Å². The number of nitrogens with one attached hydrogen (secondary N) is 2. The molecule has 0 bridgehead atoms. The van der Waals surface area contributed by atoms with Gasteiger partial charge in [0.05, 0.1) is 13.0 Å². The molecule has 0 saturated carbocycles. The van der Waals surface area contributed by atoms with E-state index in [-0.39, 0.29) is 25.0 Å². The van der Waals surface area contributed by atoms with Crippen molar-refractivity contribution in [3.8, 4) is 0 Å². The molecule has 1 aromatic rings. The van der Waals surface area contributed by atoms with Gasteiger partial charge >= 0.3 is 12.0 Å². The first-order valence-corrected chi connectivity index (χ1v) is 5.77. The Morgan fingerprint density at radius 2 is 2.44 bits per heavy atom. The number of aromatic amines is 1. The van der Waals surface area contributed by atoms with Gasteiger partial charge in [-0.2, -0.15) is 5.10 Å². The maximum Gasteiger partial charge on any atom is 0.318 e. The van der Waals surface area contributed by atoms with E-state index in [4.69, 9.17) is 5.11 Å². The number of carbonyl (C=O) groups is 2. The van der Waals surface area contributed by atoms with Crippen LogP contribution < -0.4 is 5.32 Å². The largest absolute Gasteiger partial charge is 0.481 e. The first kappa shape index (κ1) is 12.3. The zero-order chi connectivity index (χ0) is 13.0. The lowest BCUT2D eigenvalue weighted by molar-refractivity contribution is -0.137. The molecule has 1 fully saturated rings. The van der Waals surface area contributed by atoms with Crippen LogP contribution >= 0.6 is 0 Å². The molecule has 98 valence electrons. The number of nitrogens with zero attached hydrogens (tertiary/aromatic N) is 3. The average molecular weight is 253 g/mol. The van der Waals surface area contributed by atoms with Crippen molar-refractivity contribution < 1.29 is 14.7 Å². The Balaban J connectivity index is 1.85. The van der Waals surface area contributed by atoms with Crippen molar-refractivity contribution in [1.29, 1.82) is 0 Å². The number of hydrogen-bond donors (Lipinski definition) is 3. The van der Waals surface area contributed by atoms with E-state index >= 15 is 0 Å². The molecule has 2 rings (SSSR count). The summed E-state index contributed by atoms with van der Waals surface area (Å²) in [6, 6.07) is -0.465. The molecule has 2 heterocycles. The number of amides is 2. The third-order valence-electron chi connectivity index (χ3n) is 2.92. The summed E-state index contributed by atoms with van der Waals surface area (Å²) in [6.07, 6.45) is 2.94. The van der Waals surface area contributed by atoms with Crippen LogP contribution in [0.5, 0.6) is 0 Å². The van der Waals surface area contributed by atoms with E-state index in [1.165, 1.54) is 6.33 Å². The minimum Gasteiger partial charge on any atom is -0.481 e. The van der Waals surface area contributed by atoms with Gasteiger partial charge in [0, 0.05) is 12.6 Å². The second-order valence-corrected chi connectivity index (χ2v) is 4.18. The van der Waals surface area contributed by atoms with Crippen LogP contribution in [-0.2, 0) is 11.3 Å². The maximum absolute atomic E-state index is 11.9. The van der Waals surface area contributed by atoms with Gasteiger partial charge < -0.3 is 15.3 Å². The molecule has 0 spiro atoms. The Morgan fingerprint density at radius 3 is 3.11 bits per heavy atom. The van der Waals surface area contributed by atoms with Gasteiger partial charge in [0.25, 0.3) is 0 Å². The second-order valence-electron chi connectivity index (χ2n) is 4.18. The van der Waals surface area contributed by atoms with E-state index in [2.05, 4.69) is 20.5 Å². The highest BCUT2D eigenvalue weighted by Crippen LogP contribution is 2.19. The van der Waals surface area contributed by atoms with Crippen LogP contribution in [0.25, 0.3) is 0 Å². The zero-order valence-electron chi connectivity index (χ0n) is 9.80. The summed E-state index contributed by atoms with van der Waals surface area (Å²) in [5.41, 5.74) is 0. The quantitative estimate of drug-likeness (QED) is 0.696. The monoisotopic (exact) mass is 253 g/mol. The van der Waals surface area contributed by atoms with Gasteiger partial charge in [0.15, 0.2) is 0 Å². The van der Waals surface area contributed by atoms with Gasteiger partial charge in [-0.3, -0.25) is 9.89 Å². The van der Waals surface area contributed by atoms with E-state index < -0.39 is 5.97 Å². The Kier molecular flexibility index (Phi) is 3.75. The molecule has 2 amide bonds. The molecule has 3 N–H and O–H groups in total. The molecule has 18 heavy (non-hydrogen) atoms. The van der Waals surface area contributed by atoms with Gasteiger partial charge in [-0.25, -0.2) is 9.78 Å². The van der Waals surface area contributed by atoms with E-state index in [1.807, 2.05) is 0 Å². The van der Waals surface area contributed by atoms with E-state index in [9.17, 15) is 9.59 Å². The van der Waals surface area contributed by atoms with Crippen LogP contribution in [0.2, 0.25) is 0 Å². The van der Waals surface area contributed by atoms with Gasteiger partial charge in [0.2, 0.25) is 0 Å². The number of carboxylic acid groups (broad SMARTS) is 1. The highest BCUT2D eigenvalue weighted by Gasteiger charge is 2.30. The zero-order valence-corrected chi connectivity index (χ0v) is 9.80. The lowest BCUT2D eigenvalue weighted by atomic mass is 10.1. The molecule has 8 heteroatoms. The number of carboxylic acids is 1. The topological polar surface area (TPSA) is 111 Å². The predicted octanol–water partition coefficient (Wildman–Crippen LogP) is -0.0466. The van der Waals surface area contributed by atoms with E-state index in [1.54, 1.807) is 4.90 Å². The molecule has 1 aliphatic heterocycles. The number of aliphatic carboxylic acids is 1. The van der Waals surface area contributed by atoms with Gasteiger partial charge in [0.1, 0.15) is 12.2 Å². The number of carbonyl (C=O) groups excluding carboxylic acids is 1. The third kappa shape index (κ3) is 2.96. The first-order chi connectivity index (χ1) is 8.66. The fourth-order valence-corrected chi connectivity index (χ4v) is 2.09. The third-order valence-corrected chi connectivity index (χ3v) is 2.92. The van der Waals surface area contributed by atoms with E-state index in [0.29, 0.717) is 12.4 Å². The standard InChI is InChI=1S/C10H15N5O3/c16-9(17)4-7-2-1-3-15(7)10(18)11-5-8-12-6-13-14-8/h6-7H,1-5H2,(H,11,18)(H,16,17)(H,12,13,14). The lowest BCUT2D eigenvalue weighted by Crippen LogP contribution is -2.43. The number of aromatic nitrogens is 3. The van der Waals surface area contributed by atoms with Crippen LogP contribution in [0.15, 0.2) is 6.33 Å². The number of likely N-dealkylation sites (tertiary alicyclic amines) is 1. The number of urea groups is 1. The number of hydrogen-bond acceptors (Lipinski definition) is 4. The Labute approximate surface area is 103 Å². The van der Waals surface area contributed by atoms with Gasteiger partial charge in [-0.15, -0.1) is 0 Å². The van der Waals surface area contributed by atoms with Crippen LogP contribution in [0.3, 0.4) is 0 Å². The molecule has 8 nitrogen and oxygen atoms in total. The molecule has 1 aliphatic rings. The van der Waals surface area contributed by atoms with E-state index in [0.717, 1.165) is 12.8 Å². The Morgan fingerprint density at radius 1 is 1.61 bits per heavy atom. The first-order valence-electron chi connectivity index (χ1n) is 5.77. The summed E-state index contributed by atoms with van der Waals surface area (Å²) in [4.78, 5) is 28.0. The minimum absolute atomic E-state index is 0.00424. The van der Waals surface area contributed by atoms with Gasteiger partial charge in [-0.05, 0) is 12.8 Å². The van der Waals surface area contributed by atoms with Crippen molar-refractivity contribution in [2.24, 2.45) is 0 Å². The van der Waals surface area contributed by atoms with Crippen LogP contribution in [0.4, 0.5) is 4.79 Å². The molecular weight excluding hydrogens is 238 g/mol. The van der Waals surface area contributed by atoms with Gasteiger partial charge in [-0.1, -0.05) is 0 Å². The Hall–Kier alpha value is -2.12. The van der Waals surface area contributed by atoms with Crippen LogP contribution in [-0.4, -0.2) is 49.8 Å². The summed E-state index contributed by atoms with van der Waals surface area (Å²) >= 11 is 0. The molecule has 1 saturated heterocycles. The predicted molar refractivity (Wildman–Crippen MR) is 60.6 cm³/mol. The molecule has 0 aliphatic carbocycles. The molecule has 0 radical (unpaired) electrons. The minimum atomic E-state index is -0.880. The smallest absolute Gasteiger partial charge is 0.318 e. The van der Waals surface area contributed by atoms with Crippen molar-refractivity contribution in [2.45, 2.75) is 31.8 Å². The van der Waals surface area contributed by atoms with Crippen molar-refractivity contribution in [2.75, 3.05) is 6.54 Å². The molecule has 1 aromatic heterocycles. The SMILES string of the molecule is O=C(O)CC1CCCN1C(=O)NCc1ncn[nH]1. The van der Waals surface area contributed by atoms with Crippen LogP contribution in [0.1, 0.15) is 25.1 Å². The molecule has 1 atom stereocenters. The Bertz CT molecular complexity index is 419. The van der Waals surface area contributed by atoms with Crippen molar-refractivity contribution in [3.05, 3.63) is 12.2 Å². The van der Waals surface area contributed by atoms with Crippen molar-refractivity contribution >= 4 is 12.0 Å². The lowest BCUT2D eigenvalue weighted by Gasteiger charge is -2.23. The summed E-state index contributed by atoms with van der Waals surface area (Å²) in [5.74, 6) is -0.313. The summed E-state index contributed by atoms with van der Waals surface area (Å²) in [7, 11) is 0. The maximum atomic E-state index is 11.9. The van der Waals surface area contributed by atoms with Crippen molar-refractivity contribution in [3.63, 3.8) is 0 Å². The summed E-state index contributed by atoms with van der Waals surface area (Å²) < 4.78 is 0. The fourth-order valence-electron chi connectivity index (χ4n) is 2.09. The average Bonchev–Trinajstić information content (AvgIpc) is 2.95. The summed E-state index contributed by atoms with van der Waals surface area (Å²) in [6.45, 7) is 0.856. The fraction of sp³-hybridized carbons (Fsp3) is 0.600. The highest BCUT2D eigenvalue weighted by molar-refractivity contribution is 5.76. The molecule has 1 unspecified atom stereocenters.